The zero-order valence-electron chi connectivity index (χ0n) is 13.5. The van der Waals surface area contributed by atoms with Crippen molar-refractivity contribution in [1.82, 2.24) is 5.32 Å². The summed E-state index contributed by atoms with van der Waals surface area (Å²) in [6.07, 6.45) is 4.30. The molecule has 0 spiro atoms. The standard InChI is InChI=1S/C20H23NO/c1-4-19(18-12-10-15(2)16(3)14-18)21-20(22)13-11-17-8-6-5-7-9-17/h5-14,19H,4H2,1-3H3,(H,21,22)/b13-11+. The lowest BCUT2D eigenvalue weighted by Crippen LogP contribution is -2.26. The van der Waals surface area contributed by atoms with Crippen molar-refractivity contribution in [3.63, 3.8) is 0 Å². The Balaban J connectivity index is 2.04. The van der Waals surface area contributed by atoms with Crippen molar-refractivity contribution in [3.8, 4) is 0 Å². The molecule has 2 aromatic carbocycles. The van der Waals surface area contributed by atoms with Gasteiger partial charge < -0.3 is 5.32 Å². The average molecular weight is 293 g/mol. The van der Waals surface area contributed by atoms with E-state index in [4.69, 9.17) is 0 Å². The number of rotatable bonds is 5. The van der Waals surface area contributed by atoms with Gasteiger partial charge in [0.2, 0.25) is 5.91 Å². The van der Waals surface area contributed by atoms with Crippen LogP contribution >= 0.6 is 0 Å². The Kier molecular flexibility index (Phi) is 5.54. The van der Waals surface area contributed by atoms with Gasteiger partial charge in [-0.25, -0.2) is 0 Å². The summed E-state index contributed by atoms with van der Waals surface area (Å²) in [5, 5.41) is 3.07. The van der Waals surface area contributed by atoms with Gasteiger partial charge in [0.25, 0.3) is 0 Å². The van der Waals surface area contributed by atoms with E-state index in [2.05, 4.69) is 44.3 Å². The topological polar surface area (TPSA) is 29.1 Å². The molecular formula is C20H23NO. The van der Waals surface area contributed by atoms with E-state index in [1.807, 2.05) is 36.4 Å². The Morgan fingerprint density at radius 1 is 1.09 bits per heavy atom. The molecule has 2 nitrogen and oxygen atoms in total. The van der Waals surface area contributed by atoms with Crippen LogP contribution in [0.1, 0.15) is 41.6 Å². The average Bonchev–Trinajstić information content (AvgIpc) is 2.54. The van der Waals surface area contributed by atoms with Crippen LogP contribution in [0.3, 0.4) is 0 Å². The molecule has 1 N–H and O–H groups in total. The van der Waals surface area contributed by atoms with Crippen LogP contribution in [0.4, 0.5) is 0 Å². The molecule has 1 atom stereocenters. The molecule has 0 saturated carbocycles. The van der Waals surface area contributed by atoms with Crippen LogP contribution in [0.25, 0.3) is 6.08 Å². The molecule has 1 unspecified atom stereocenters. The van der Waals surface area contributed by atoms with Gasteiger partial charge in [0.05, 0.1) is 6.04 Å². The first-order valence-electron chi connectivity index (χ1n) is 7.71. The molecule has 0 fully saturated rings. The molecule has 2 aromatic rings. The Labute approximate surface area is 132 Å². The van der Waals surface area contributed by atoms with Gasteiger partial charge in [-0.2, -0.15) is 0 Å². The van der Waals surface area contributed by atoms with Gasteiger partial charge in [-0.15, -0.1) is 0 Å². The molecule has 0 aliphatic heterocycles. The van der Waals surface area contributed by atoms with Crippen molar-refractivity contribution in [1.29, 1.82) is 0 Å². The highest BCUT2D eigenvalue weighted by Gasteiger charge is 2.11. The molecule has 0 bridgehead atoms. The van der Waals surface area contributed by atoms with Gasteiger partial charge in [-0.05, 0) is 48.6 Å². The first-order valence-corrected chi connectivity index (χ1v) is 7.71. The lowest BCUT2D eigenvalue weighted by atomic mass is 9.99. The molecule has 0 radical (unpaired) electrons. The maximum atomic E-state index is 12.1. The highest BCUT2D eigenvalue weighted by molar-refractivity contribution is 5.92. The number of carbonyl (C=O) groups excluding carboxylic acids is 1. The van der Waals surface area contributed by atoms with E-state index in [9.17, 15) is 4.79 Å². The van der Waals surface area contributed by atoms with Crippen LogP contribution in [-0.4, -0.2) is 5.91 Å². The van der Waals surface area contributed by atoms with Crippen molar-refractivity contribution in [2.45, 2.75) is 33.2 Å². The number of benzene rings is 2. The highest BCUT2D eigenvalue weighted by Crippen LogP contribution is 2.19. The summed E-state index contributed by atoms with van der Waals surface area (Å²) in [6, 6.07) is 16.2. The maximum absolute atomic E-state index is 12.1. The third-order valence-electron chi connectivity index (χ3n) is 3.88. The van der Waals surface area contributed by atoms with Crippen LogP contribution in [0.2, 0.25) is 0 Å². The van der Waals surface area contributed by atoms with E-state index in [0.717, 1.165) is 17.5 Å². The third-order valence-corrected chi connectivity index (χ3v) is 3.88. The number of nitrogens with one attached hydrogen (secondary N) is 1. The van der Waals surface area contributed by atoms with Crippen LogP contribution < -0.4 is 5.32 Å². The number of hydrogen-bond donors (Lipinski definition) is 1. The van der Waals surface area contributed by atoms with E-state index in [1.165, 1.54) is 11.1 Å². The van der Waals surface area contributed by atoms with Crippen LogP contribution in [0.5, 0.6) is 0 Å². The third kappa shape index (κ3) is 4.32. The quantitative estimate of drug-likeness (QED) is 0.803. The van der Waals surface area contributed by atoms with Gasteiger partial charge >= 0.3 is 0 Å². The summed E-state index contributed by atoms with van der Waals surface area (Å²) in [4.78, 5) is 12.1. The summed E-state index contributed by atoms with van der Waals surface area (Å²) in [7, 11) is 0. The molecule has 0 aliphatic rings. The minimum absolute atomic E-state index is 0.0484. The van der Waals surface area contributed by atoms with Gasteiger partial charge in [0.1, 0.15) is 0 Å². The van der Waals surface area contributed by atoms with Gasteiger partial charge in [-0.3, -0.25) is 4.79 Å². The zero-order chi connectivity index (χ0) is 15.9. The van der Waals surface area contributed by atoms with Crippen LogP contribution in [0.15, 0.2) is 54.6 Å². The second-order valence-corrected chi connectivity index (χ2v) is 5.56. The van der Waals surface area contributed by atoms with Gasteiger partial charge in [0, 0.05) is 6.08 Å². The highest BCUT2D eigenvalue weighted by atomic mass is 16.1. The Hall–Kier alpha value is -2.35. The van der Waals surface area contributed by atoms with Crippen molar-refractivity contribution < 1.29 is 4.79 Å². The zero-order valence-corrected chi connectivity index (χ0v) is 13.5. The number of hydrogen-bond acceptors (Lipinski definition) is 1. The number of carbonyl (C=O) groups is 1. The lowest BCUT2D eigenvalue weighted by Gasteiger charge is -2.17. The molecule has 114 valence electrons. The van der Waals surface area contributed by atoms with Crippen molar-refractivity contribution in [2.75, 3.05) is 0 Å². The van der Waals surface area contributed by atoms with Crippen molar-refractivity contribution in [3.05, 3.63) is 76.9 Å². The Bertz CT molecular complexity index is 659. The fraction of sp³-hybridized carbons (Fsp3) is 0.250. The number of aryl methyl sites for hydroxylation is 2. The largest absolute Gasteiger partial charge is 0.346 e. The Morgan fingerprint density at radius 3 is 2.45 bits per heavy atom. The van der Waals surface area contributed by atoms with Gasteiger partial charge in [0.15, 0.2) is 0 Å². The van der Waals surface area contributed by atoms with Crippen molar-refractivity contribution in [2.24, 2.45) is 0 Å². The predicted molar refractivity (Wildman–Crippen MR) is 92.6 cm³/mol. The second kappa shape index (κ2) is 7.60. The Morgan fingerprint density at radius 2 is 1.82 bits per heavy atom. The molecule has 0 heterocycles. The monoisotopic (exact) mass is 293 g/mol. The first-order chi connectivity index (χ1) is 10.6. The van der Waals surface area contributed by atoms with Crippen LogP contribution in [-0.2, 0) is 4.79 Å². The summed E-state index contributed by atoms with van der Waals surface area (Å²) in [5.74, 6) is -0.0612. The van der Waals surface area contributed by atoms with E-state index < -0.39 is 0 Å². The lowest BCUT2D eigenvalue weighted by molar-refractivity contribution is -0.117. The molecule has 0 aromatic heterocycles. The molecule has 0 saturated heterocycles. The van der Waals surface area contributed by atoms with Crippen LogP contribution in [0, 0.1) is 13.8 Å². The minimum Gasteiger partial charge on any atom is -0.346 e. The van der Waals surface area contributed by atoms with Crippen molar-refractivity contribution >= 4 is 12.0 Å². The van der Waals surface area contributed by atoms with E-state index >= 15 is 0 Å². The summed E-state index contributed by atoms with van der Waals surface area (Å²) >= 11 is 0. The van der Waals surface area contributed by atoms with E-state index in [-0.39, 0.29) is 11.9 Å². The number of amides is 1. The molecule has 2 heteroatoms. The normalized spacial score (nSPS) is 12.3. The smallest absolute Gasteiger partial charge is 0.244 e. The molecule has 2 rings (SSSR count). The molecule has 1 amide bonds. The second-order valence-electron chi connectivity index (χ2n) is 5.56. The molecule has 0 aliphatic carbocycles. The predicted octanol–water partition coefficient (Wildman–Crippen LogP) is 4.58. The van der Waals surface area contributed by atoms with Gasteiger partial charge in [-0.1, -0.05) is 55.5 Å². The fourth-order valence-corrected chi connectivity index (χ4v) is 2.36. The minimum atomic E-state index is -0.0612. The SMILES string of the molecule is CCC(NC(=O)/C=C/c1ccccc1)c1ccc(C)c(C)c1. The van der Waals surface area contributed by atoms with E-state index in [0.29, 0.717) is 0 Å². The summed E-state index contributed by atoms with van der Waals surface area (Å²) < 4.78 is 0. The summed E-state index contributed by atoms with van der Waals surface area (Å²) in [5.41, 5.74) is 4.71. The molecular weight excluding hydrogens is 270 g/mol. The first kappa shape index (κ1) is 16.0. The summed E-state index contributed by atoms with van der Waals surface area (Å²) in [6.45, 7) is 6.28. The van der Waals surface area contributed by atoms with E-state index in [1.54, 1.807) is 6.08 Å². The molecule has 22 heavy (non-hydrogen) atoms. The maximum Gasteiger partial charge on any atom is 0.244 e. The fourth-order valence-electron chi connectivity index (χ4n) is 2.36.